The van der Waals surface area contributed by atoms with Crippen molar-refractivity contribution in [2.24, 2.45) is 0 Å². The summed E-state index contributed by atoms with van der Waals surface area (Å²) in [6, 6.07) is 0. The monoisotopic (exact) mass is 294 g/mol. The number of rotatable bonds is 3. The number of fused-ring (bicyclic) bond motifs is 1. The van der Waals surface area contributed by atoms with E-state index in [0.29, 0.717) is 17.9 Å². The maximum atomic E-state index is 11.9. The molecule has 0 bridgehead atoms. The number of hydrogen-bond donors (Lipinski definition) is 0. The Balaban J connectivity index is 2.32. The fraction of sp³-hybridized carbons (Fsp3) is 0.571. The Kier molecular flexibility index (Phi) is 3.64. The summed E-state index contributed by atoms with van der Waals surface area (Å²) in [6.45, 7) is 13.1. The number of hydrogen-bond acceptors (Lipinski definition) is 4. The first-order chi connectivity index (χ1) is 9.13. The molecule has 0 aliphatic heterocycles. The summed E-state index contributed by atoms with van der Waals surface area (Å²) in [5.41, 5.74) is 1.89. The van der Waals surface area contributed by atoms with E-state index in [-0.39, 0.29) is 5.04 Å². The molecule has 0 spiro atoms. The van der Waals surface area contributed by atoms with Gasteiger partial charge in [-0.2, -0.15) is 4.73 Å². The van der Waals surface area contributed by atoms with Gasteiger partial charge < -0.3 is 14.2 Å². The summed E-state index contributed by atoms with van der Waals surface area (Å²) >= 11 is 0. The van der Waals surface area contributed by atoms with Crippen LogP contribution in [-0.4, -0.2) is 13.5 Å². The molecular weight excluding hydrogens is 272 g/mol. The lowest BCUT2D eigenvalue weighted by molar-refractivity contribution is -0.611. The molecule has 0 radical (unpaired) electrons. The van der Waals surface area contributed by atoms with Crippen LogP contribution in [0.25, 0.3) is 11.0 Å². The second kappa shape index (κ2) is 4.86. The lowest BCUT2D eigenvalue weighted by Crippen LogP contribution is -2.40. The quantitative estimate of drug-likeness (QED) is 0.495. The minimum Gasteiger partial charge on any atom is -0.618 e. The third-order valence-electron chi connectivity index (χ3n) is 4.24. The van der Waals surface area contributed by atoms with Crippen molar-refractivity contribution in [2.75, 3.05) is 0 Å². The molecular formula is C14H22N2O3Si. The fourth-order valence-corrected chi connectivity index (χ4v) is 2.68. The van der Waals surface area contributed by atoms with E-state index < -0.39 is 8.32 Å². The highest BCUT2D eigenvalue weighted by atomic mass is 28.4. The smallest absolute Gasteiger partial charge is 0.235 e. The molecule has 0 N–H and O–H groups in total. The summed E-state index contributed by atoms with van der Waals surface area (Å²) in [6.07, 6.45) is 3.20. The molecule has 2 heterocycles. The van der Waals surface area contributed by atoms with Crippen molar-refractivity contribution in [2.45, 2.75) is 52.4 Å². The van der Waals surface area contributed by atoms with E-state index in [0.717, 1.165) is 15.7 Å². The molecule has 6 heteroatoms. The van der Waals surface area contributed by atoms with Gasteiger partial charge in [0.05, 0.1) is 23.8 Å². The fourth-order valence-electron chi connectivity index (χ4n) is 1.73. The van der Waals surface area contributed by atoms with Crippen molar-refractivity contribution in [1.82, 2.24) is 5.16 Å². The van der Waals surface area contributed by atoms with E-state index in [4.69, 9.17) is 8.95 Å². The molecule has 20 heavy (non-hydrogen) atoms. The molecule has 0 fully saturated rings. The van der Waals surface area contributed by atoms with Crippen LogP contribution >= 0.6 is 0 Å². The first-order valence-corrected chi connectivity index (χ1v) is 9.64. The zero-order valence-electron chi connectivity index (χ0n) is 13.0. The maximum Gasteiger partial charge on any atom is 0.235 e. The molecule has 2 rings (SSSR count). The van der Waals surface area contributed by atoms with E-state index in [2.05, 4.69) is 39.0 Å². The largest absolute Gasteiger partial charge is 0.618 e. The van der Waals surface area contributed by atoms with Crippen LogP contribution in [0.5, 0.6) is 0 Å². The van der Waals surface area contributed by atoms with Crippen LogP contribution in [0, 0.1) is 12.1 Å². The first kappa shape index (κ1) is 15.0. The van der Waals surface area contributed by atoms with Crippen LogP contribution in [0.4, 0.5) is 0 Å². The Morgan fingerprint density at radius 1 is 1.40 bits per heavy atom. The molecule has 0 aliphatic rings. The third-order valence-corrected chi connectivity index (χ3v) is 8.72. The van der Waals surface area contributed by atoms with Crippen molar-refractivity contribution < 1.29 is 13.7 Å². The summed E-state index contributed by atoms with van der Waals surface area (Å²) in [7, 11) is -1.85. The molecule has 0 amide bonds. The van der Waals surface area contributed by atoms with Gasteiger partial charge in [-0.3, -0.25) is 0 Å². The SMILES string of the molecule is Cc1c2oncc2c(CO[Si](C)(C)C(C)(C)C)c[n+]1[O-]. The molecule has 0 saturated carbocycles. The van der Waals surface area contributed by atoms with Crippen LogP contribution < -0.4 is 4.73 Å². The van der Waals surface area contributed by atoms with Gasteiger partial charge in [0.1, 0.15) is 0 Å². The van der Waals surface area contributed by atoms with Gasteiger partial charge in [-0.15, -0.1) is 0 Å². The average molecular weight is 294 g/mol. The van der Waals surface area contributed by atoms with Crippen molar-refractivity contribution in [1.29, 1.82) is 0 Å². The van der Waals surface area contributed by atoms with E-state index >= 15 is 0 Å². The number of nitrogens with zero attached hydrogens (tertiary/aromatic N) is 2. The van der Waals surface area contributed by atoms with Gasteiger partial charge in [0.15, 0.2) is 14.5 Å². The predicted octanol–water partition coefficient (Wildman–Crippen LogP) is 3.29. The van der Waals surface area contributed by atoms with Gasteiger partial charge in [0, 0.05) is 6.92 Å². The van der Waals surface area contributed by atoms with E-state index in [1.165, 1.54) is 0 Å². The topological polar surface area (TPSA) is 62.2 Å². The zero-order chi connectivity index (χ0) is 15.1. The summed E-state index contributed by atoms with van der Waals surface area (Å²) in [5.74, 6) is 0. The van der Waals surface area contributed by atoms with Crippen LogP contribution in [0.15, 0.2) is 16.9 Å². The van der Waals surface area contributed by atoms with Gasteiger partial charge in [0.2, 0.25) is 11.3 Å². The summed E-state index contributed by atoms with van der Waals surface area (Å²) in [4.78, 5) is 0. The summed E-state index contributed by atoms with van der Waals surface area (Å²) in [5, 5.41) is 16.6. The lowest BCUT2D eigenvalue weighted by Gasteiger charge is -2.36. The van der Waals surface area contributed by atoms with Crippen molar-refractivity contribution in [3.05, 3.63) is 28.9 Å². The second-order valence-corrected chi connectivity index (χ2v) is 11.5. The minimum absolute atomic E-state index is 0.138. The van der Waals surface area contributed by atoms with Crippen LogP contribution in [0.2, 0.25) is 18.1 Å². The third kappa shape index (κ3) is 2.58. The Morgan fingerprint density at radius 2 is 2.05 bits per heavy atom. The van der Waals surface area contributed by atoms with E-state index in [9.17, 15) is 5.21 Å². The molecule has 110 valence electrons. The number of aryl methyl sites for hydroxylation is 1. The molecule has 0 saturated heterocycles. The Bertz CT molecular complexity index is 629. The Hall–Kier alpha value is -1.40. The van der Waals surface area contributed by atoms with Crippen molar-refractivity contribution in [3.63, 3.8) is 0 Å². The first-order valence-electron chi connectivity index (χ1n) is 6.73. The van der Waals surface area contributed by atoms with Crippen LogP contribution in [0.3, 0.4) is 0 Å². The predicted molar refractivity (Wildman–Crippen MR) is 79.7 cm³/mol. The second-order valence-electron chi connectivity index (χ2n) is 6.68. The highest BCUT2D eigenvalue weighted by Crippen LogP contribution is 2.37. The lowest BCUT2D eigenvalue weighted by atomic mass is 10.2. The normalized spacial score (nSPS) is 13.1. The molecule has 0 unspecified atom stereocenters. The molecule has 2 aromatic rings. The van der Waals surface area contributed by atoms with Gasteiger partial charge >= 0.3 is 0 Å². The van der Waals surface area contributed by atoms with Gasteiger partial charge in [-0.25, -0.2) is 0 Å². The number of aromatic nitrogens is 2. The molecule has 2 aromatic heterocycles. The standard InChI is InChI=1S/C14H22N2O3Si/c1-10-13-12(7-15-19-13)11(8-16(10)17)9-18-20(5,6)14(2,3)4/h7-8H,9H2,1-6H3. The molecule has 5 nitrogen and oxygen atoms in total. The number of pyridine rings is 1. The average Bonchev–Trinajstić information content (AvgIpc) is 2.80. The molecule has 0 atom stereocenters. The van der Waals surface area contributed by atoms with Crippen LogP contribution in [-0.2, 0) is 11.0 Å². The summed E-state index contributed by atoms with van der Waals surface area (Å²) < 4.78 is 12.1. The maximum absolute atomic E-state index is 11.9. The van der Waals surface area contributed by atoms with Gasteiger partial charge in [0.25, 0.3) is 0 Å². The van der Waals surface area contributed by atoms with E-state index in [1.807, 2.05) is 0 Å². The highest BCUT2D eigenvalue weighted by Gasteiger charge is 2.37. The van der Waals surface area contributed by atoms with Gasteiger partial charge in [-0.05, 0) is 18.1 Å². The van der Waals surface area contributed by atoms with E-state index in [1.54, 1.807) is 19.3 Å². The van der Waals surface area contributed by atoms with Crippen molar-refractivity contribution in [3.8, 4) is 0 Å². The minimum atomic E-state index is -1.85. The highest BCUT2D eigenvalue weighted by molar-refractivity contribution is 6.74. The Morgan fingerprint density at radius 3 is 2.65 bits per heavy atom. The van der Waals surface area contributed by atoms with Crippen molar-refractivity contribution >= 4 is 19.3 Å². The van der Waals surface area contributed by atoms with Crippen LogP contribution in [0.1, 0.15) is 32.0 Å². The Labute approximate surface area is 120 Å². The molecule has 0 aliphatic carbocycles. The van der Waals surface area contributed by atoms with Gasteiger partial charge in [-0.1, -0.05) is 25.9 Å². The molecule has 0 aromatic carbocycles. The zero-order valence-corrected chi connectivity index (χ0v) is 14.0.